The van der Waals surface area contributed by atoms with Crippen LogP contribution in [0.15, 0.2) is 58.6 Å². The first-order chi connectivity index (χ1) is 15.2. The van der Waals surface area contributed by atoms with Crippen LogP contribution in [0.4, 0.5) is 5.69 Å². The number of carbonyl (C=O) groups excluding carboxylic acids is 1. The lowest BCUT2D eigenvalue weighted by atomic mass is 10.1. The molecule has 1 amide bonds. The molecule has 0 fully saturated rings. The van der Waals surface area contributed by atoms with E-state index in [9.17, 15) is 13.2 Å². The second kappa shape index (κ2) is 10.3. The number of nitrogens with zero attached hydrogens (tertiary/aromatic N) is 3. The third kappa shape index (κ3) is 5.77. The maximum Gasteiger partial charge on any atom is 0.237 e. The van der Waals surface area contributed by atoms with E-state index in [1.54, 1.807) is 34.9 Å². The van der Waals surface area contributed by atoms with Gasteiger partial charge < -0.3 is 9.88 Å². The van der Waals surface area contributed by atoms with Gasteiger partial charge >= 0.3 is 0 Å². The van der Waals surface area contributed by atoms with Crippen molar-refractivity contribution in [3.8, 4) is 0 Å². The van der Waals surface area contributed by atoms with Crippen LogP contribution in [0.3, 0.4) is 0 Å². The van der Waals surface area contributed by atoms with Gasteiger partial charge in [0.2, 0.25) is 5.91 Å². The Bertz CT molecular complexity index is 1170. The molecule has 0 saturated heterocycles. The third-order valence-corrected chi connectivity index (χ3v) is 7.90. The molecule has 3 rings (SSSR count). The second-order valence-electron chi connectivity index (χ2n) is 7.60. The number of thioether (sulfide) groups is 1. The highest BCUT2D eigenvalue weighted by atomic mass is 32.2. The molecular weight excluding hydrogens is 444 g/mol. The molecule has 0 bridgehead atoms. The smallest absolute Gasteiger partial charge is 0.237 e. The van der Waals surface area contributed by atoms with E-state index < -0.39 is 9.84 Å². The zero-order chi connectivity index (χ0) is 23.3. The van der Waals surface area contributed by atoms with Crippen LogP contribution in [-0.4, -0.2) is 34.3 Å². The molecule has 0 spiro atoms. The molecule has 1 unspecified atom stereocenters. The number of aromatic nitrogens is 3. The SMILES string of the molecule is CCC(Sc1nnc(CS(=O)(=O)c2ccccc2)n1CC)C(=O)Nc1cc(C)cc(C)c1. The fraction of sp³-hybridized carbons (Fsp3) is 0.348. The van der Waals surface area contributed by atoms with E-state index in [1.807, 2.05) is 39.8 Å². The Kier molecular flexibility index (Phi) is 7.73. The topological polar surface area (TPSA) is 93.9 Å². The Morgan fingerprint density at radius 2 is 1.72 bits per heavy atom. The number of anilines is 1. The van der Waals surface area contributed by atoms with Gasteiger partial charge in [0.1, 0.15) is 11.6 Å². The molecule has 3 aromatic rings. The van der Waals surface area contributed by atoms with Gasteiger partial charge in [0.15, 0.2) is 15.0 Å². The van der Waals surface area contributed by atoms with Crippen LogP contribution < -0.4 is 5.32 Å². The lowest BCUT2D eigenvalue weighted by Gasteiger charge is -2.16. The van der Waals surface area contributed by atoms with E-state index in [1.165, 1.54) is 11.8 Å². The Labute approximate surface area is 193 Å². The van der Waals surface area contributed by atoms with Crippen molar-refractivity contribution in [3.05, 3.63) is 65.5 Å². The summed E-state index contributed by atoms with van der Waals surface area (Å²) in [6.07, 6.45) is 0.593. The Hall–Kier alpha value is -2.65. The van der Waals surface area contributed by atoms with Crippen molar-refractivity contribution in [2.24, 2.45) is 0 Å². The van der Waals surface area contributed by atoms with E-state index in [0.29, 0.717) is 23.9 Å². The van der Waals surface area contributed by atoms with Gasteiger partial charge in [-0.25, -0.2) is 8.42 Å². The molecule has 1 N–H and O–H groups in total. The maximum atomic E-state index is 12.9. The molecule has 0 aliphatic rings. The molecule has 2 aromatic carbocycles. The zero-order valence-electron chi connectivity index (χ0n) is 18.7. The lowest BCUT2D eigenvalue weighted by Crippen LogP contribution is -2.25. The summed E-state index contributed by atoms with van der Waals surface area (Å²) in [4.78, 5) is 13.2. The molecule has 0 aliphatic heterocycles. The molecule has 0 aliphatic carbocycles. The average Bonchev–Trinajstić information content (AvgIpc) is 3.12. The van der Waals surface area contributed by atoms with Crippen LogP contribution in [0.25, 0.3) is 0 Å². The Balaban J connectivity index is 1.77. The van der Waals surface area contributed by atoms with Crippen molar-refractivity contribution < 1.29 is 13.2 Å². The summed E-state index contributed by atoms with van der Waals surface area (Å²) in [5, 5.41) is 11.5. The number of sulfone groups is 1. The number of hydrogen-bond acceptors (Lipinski definition) is 6. The van der Waals surface area contributed by atoms with Crippen molar-refractivity contribution in [2.45, 2.75) is 61.7 Å². The maximum absolute atomic E-state index is 12.9. The molecule has 1 heterocycles. The first kappa shape index (κ1) is 24.0. The summed E-state index contributed by atoms with van der Waals surface area (Å²) in [5.41, 5.74) is 2.92. The third-order valence-electron chi connectivity index (χ3n) is 4.93. The van der Waals surface area contributed by atoms with E-state index in [0.717, 1.165) is 16.8 Å². The molecule has 7 nitrogen and oxygen atoms in total. The molecule has 1 atom stereocenters. The minimum absolute atomic E-state index is 0.119. The van der Waals surface area contributed by atoms with Crippen molar-refractivity contribution in [3.63, 3.8) is 0 Å². The number of carbonyl (C=O) groups is 1. The number of amides is 1. The van der Waals surface area contributed by atoms with Crippen LogP contribution in [0.5, 0.6) is 0 Å². The highest BCUT2D eigenvalue weighted by Gasteiger charge is 2.25. The average molecular weight is 473 g/mol. The van der Waals surface area contributed by atoms with Crippen molar-refractivity contribution >= 4 is 33.2 Å². The van der Waals surface area contributed by atoms with Crippen molar-refractivity contribution in [1.29, 1.82) is 0 Å². The molecule has 1 aromatic heterocycles. The minimum atomic E-state index is -3.54. The van der Waals surface area contributed by atoms with Gasteiger partial charge in [-0.15, -0.1) is 10.2 Å². The quantitative estimate of drug-likeness (QED) is 0.464. The van der Waals surface area contributed by atoms with Crippen molar-refractivity contribution in [1.82, 2.24) is 14.8 Å². The van der Waals surface area contributed by atoms with Gasteiger partial charge in [0.05, 0.1) is 10.1 Å². The van der Waals surface area contributed by atoms with Crippen molar-refractivity contribution in [2.75, 3.05) is 5.32 Å². The summed E-state index contributed by atoms with van der Waals surface area (Å²) in [6, 6.07) is 14.2. The number of benzene rings is 2. The van der Waals surface area contributed by atoms with Crippen LogP contribution in [0.1, 0.15) is 37.2 Å². The normalized spacial score (nSPS) is 12.5. The zero-order valence-corrected chi connectivity index (χ0v) is 20.3. The largest absolute Gasteiger partial charge is 0.325 e. The summed E-state index contributed by atoms with van der Waals surface area (Å²) < 4.78 is 27.3. The highest BCUT2D eigenvalue weighted by molar-refractivity contribution is 8.00. The highest BCUT2D eigenvalue weighted by Crippen LogP contribution is 2.27. The van der Waals surface area contributed by atoms with Gasteiger partial charge in [-0.2, -0.15) is 0 Å². The van der Waals surface area contributed by atoms with E-state index in [2.05, 4.69) is 21.6 Å². The fourth-order valence-corrected chi connectivity index (χ4v) is 5.76. The molecule has 0 radical (unpaired) electrons. The number of aryl methyl sites for hydroxylation is 2. The Morgan fingerprint density at radius 1 is 1.06 bits per heavy atom. The van der Waals surface area contributed by atoms with Gasteiger partial charge in [0, 0.05) is 12.2 Å². The number of rotatable bonds is 9. The van der Waals surface area contributed by atoms with Crippen LogP contribution >= 0.6 is 11.8 Å². The van der Waals surface area contributed by atoms with Gasteiger partial charge in [0.25, 0.3) is 0 Å². The van der Waals surface area contributed by atoms with E-state index in [-0.39, 0.29) is 21.8 Å². The Morgan fingerprint density at radius 3 is 2.31 bits per heavy atom. The first-order valence-electron chi connectivity index (χ1n) is 10.5. The molecular formula is C23H28N4O3S2. The molecule has 9 heteroatoms. The summed E-state index contributed by atoms with van der Waals surface area (Å²) in [6.45, 7) is 8.33. The number of nitrogens with one attached hydrogen (secondary N) is 1. The van der Waals surface area contributed by atoms with Gasteiger partial charge in [-0.1, -0.05) is 43.0 Å². The summed E-state index contributed by atoms with van der Waals surface area (Å²) in [7, 11) is -3.54. The number of hydrogen-bond donors (Lipinski definition) is 1. The lowest BCUT2D eigenvalue weighted by molar-refractivity contribution is -0.115. The van der Waals surface area contributed by atoms with Gasteiger partial charge in [-0.3, -0.25) is 4.79 Å². The monoisotopic (exact) mass is 472 g/mol. The van der Waals surface area contributed by atoms with Gasteiger partial charge in [-0.05, 0) is 62.6 Å². The van der Waals surface area contributed by atoms with E-state index >= 15 is 0 Å². The second-order valence-corrected chi connectivity index (χ2v) is 10.8. The minimum Gasteiger partial charge on any atom is -0.325 e. The molecule has 32 heavy (non-hydrogen) atoms. The predicted octanol–water partition coefficient (Wildman–Crippen LogP) is 4.40. The summed E-state index contributed by atoms with van der Waals surface area (Å²) >= 11 is 1.30. The van der Waals surface area contributed by atoms with Crippen LogP contribution in [-0.2, 0) is 26.9 Å². The fourth-order valence-electron chi connectivity index (χ4n) is 3.43. The van der Waals surface area contributed by atoms with E-state index in [4.69, 9.17) is 0 Å². The standard InChI is InChI=1S/C23H28N4O3S2/c1-5-20(22(28)24-18-13-16(3)12-17(4)14-18)31-23-26-25-21(27(23)6-2)15-32(29,30)19-10-8-7-9-11-19/h7-14,20H,5-6,15H2,1-4H3,(H,24,28). The van der Waals surface area contributed by atoms with Crippen LogP contribution in [0, 0.1) is 13.8 Å². The predicted molar refractivity (Wildman–Crippen MR) is 128 cm³/mol. The van der Waals surface area contributed by atoms with Crippen LogP contribution in [0.2, 0.25) is 0 Å². The summed E-state index contributed by atoms with van der Waals surface area (Å²) in [5.74, 6) is -0.000660. The first-order valence-corrected chi connectivity index (χ1v) is 13.0. The molecule has 0 saturated carbocycles. The molecule has 170 valence electrons.